The molecule has 77 heavy (non-hydrogen) atoms. The van der Waals surface area contributed by atoms with E-state index in [-0.39, 0.29) is 0 Å². The normalized spacial score (nSPS) is 16.1. The van der Waals surface area contributed by atoms with Crippen molar-refractivity contribution in [2.45, 2.75) is 23.2 Å². The number of hydrogen-bond acceptors (Lipinski definition) is 1. The molecule has 16 rings (SSSR count). The average Bonchev–Trinajstić information content (AvgIpc) is 4.25. The summed E-state index contributed by atoms with van der Waals surface area (Å²) < 4.78 is 0. The van der Waals surface area contributed by atoms with Gasteiger partial charge in [0.05, 0.1) is 22.2 Å². The maximum absolute atomic E-state index is 2.59. The number of nitrogens with zero attached hydrogens (tertiary/aromatic N) is 1. The monoisotopic (exact) mass is 977 g/mol. The second-order valence-corrected chi connectivity index (χ2v) is 21.5. The first-order valence-corrected chi connectivity index (χ1v) is 27.1. The molecule has 0 N–H and O–H groups in total. The molecule has 0 aromatic heterocycles. The lowest BCUT2D eigenvalue weighted by atomic mass is 9.64. The zero-order valence-electron chi connectivity index (χ0n) is 42.7. The van der Waals surface area contributed by atoms with Crippen LogP contribution in [-0.2, 0) is 16.2 Å². The van der Waals surface area contributed by atoms with Gasteiger partial charge in [0.2, 0.25) is 0 Å². The van der Waals surface area contributed by atoms with Gasteiger partial charge in [0, 0.05) is 11.1 Å². The van der Waals surface area contributed by atoms with Crippen LogP contribution in [0.2, 0.25) is 0 Å². The second kappa shape index (κ2) is 16.5. The van der Waals surface area contributed by atoms with Gasteiger partial charge >= 0.3 is 0 Å². The Kier molecular flexibility index (Phi) is 9.37. The minimum atomic E-state index is -0.585. The van der Waals surface area contributed by atoms with Crippen LogP contribution in [0.4, 0.5) is 17.1 Å². The van der Waals surface area contributed by atoms with Crippen LogP contribution in [-0.4, -0.2) is 0 Å². The molecule has 0 spiro atoms. The fourth-order valence-corrected chi connectivity index (χ4v) is 15.2. The molecular weight excluding hydrogens is 927 g/mol. The first-order chi connectivity index (χ1) is 38.1. The molecule has 1 heterocycles. The SMILES string of the molecule is CC12c3ccccc3-c3cccc(c31)N(c1cccc(-c3cccc4c3C(c3ccccc3)(c3ccccc3)c3ccccc3-4)c1)c1cccc(-c3cccc4c3C(c3ccccc3)(c3ccccc3)c3ccccc3-4)c12. The zero-order chi connectivity index (χ0) is 50.9. The van der Waals surface area contributed by atoms with Gasteiger partial charge in [-0.3, -0.25) is 0 Å². The topological polar surface area (TPSA) is 3.24 Å². The number of anilines is 3. The van der Waals surface area contributed by atoms with Crippen molar-refractivity contribution in [1.82, 2.24) is 0 Å². The highest BCUT2D eigenvalue weighted by Crippen LogP contribution is 2.66. The van der Waals surface area contributed by atoms with Crippen LogP contribution in [0.1, 0.15) is 68.1 Å². The van der Waals surface area contributed by atoms with Gasteiger partial charge in [-0.15, -0.1) is 0 Å². The van der Waals surface area contributed by atoms with Crippen molar-refractivity contribution >= 4 is 17.1 Å². The number of benzene rings is 12. The van der Waals surface area contributed by atoms with Crippen LogP contribution in [0.5, 0.6) is 0 Å². The molecule has 1 atom stereocenters. The third kappa shape index (κ3) is 5.73. The highest BCUT2D eigenvalue weighted by Gasteiger charge is 2.53. The van der Waals surface area contributed by atoms with E-state index in [2.05, 4.69) is 303 Å². The van der Waals surface area contributed by atoms with Gasteiger partial charge in [-0.25, -0.2) is 0 Å². The van der Waals surface area contributed by atoms with E-state index < -0.39 is 16.2 Å². The van der Waals surface area contributed by atoms with Crippen LogP contribution in [0.15, 0.2) is 291 Å². The average molecular weight is 978 g/mol. The van der Waals surface area contributed by atoms with Gasteiger partial charge in [-0.2, -0.15) is 0 Å². The molecule has 4 aliphatic rings. The van der Waals surface area contributed by atoms with Crippen molar-refractivity contribution in [1.29, 1.82) is 0 Å². The second-order valence-electron chi connectivity index (χ2n) is 21.5. The minimum Gasteiger partial charge on any atom is -0.310 e. The maximum Gasteiger partial charge on any atom is 0.0719 e. The van der Waals surface area contributed by atoms with Crippen molar-refractivity contribution in [3.05, 3.63) is 352 Å². The molecule has 1 heteroatoms. The highest BCUT2D eigenvalue weighted by molar-refractivity contribution is 6.03. The van der Waals surface area contributed by atoms with Crippen LogP contribution in [0, 0.1) is 0 Å². The Morgan fingerprint density at radius 1 is 0.247 bits per heavy atom. The smallest absolute Gasteiger partial charge is 0.0719 e. The van der Waals surface area contributed by atoms with Gasteiger partial charge in [-0.1, -0.05) is 267 Å². The summed E-state index contributed by atoms with van der Waals surface area (Å²) in [6.07, 6.45) is 0. The van der Waals surface area contributed by atoms with Crippen LogP contribution in [0.3, 0.4) is 0 Å². The lowest BCUT2D eigenvalue weighted by Crippen LogP contribution is -2.33. The molecule has 0 bridgehead atoms. The minimum absolute atomic E-state index is 0.490. The van der Waals surface area contributed by atoms with Gasteiger partial charge in [0.15, 0.2) is 0 Å². The Morgan fingerprint density at radius 3 is 1.03 bits per heavy atom. The molecule has 0 fully saturated rings. The zero-order valence-corrected chi connectivity index (χ0v) is 42.7. The van der Waals surface area contributed by atoms with E-state index in [0.29, 0.717) is 0 Å². The quantitative estimate of drug-likeness (QED) is 0.154. The lowest BCUT2D eigenvalue weighted by molar-refractivity contribution is 0.703. The maximum atomic E-state index is 2.59. The molecule has 3 aliphatic carbocycles. The van der Waals surface area contributed by atoms with Gasteiger partial charge in [-0.05, 0) is 148 Å². The van der Waals surface area contributed by atoms with E-state index in [0.717, 1.165) is 5.69 Å². The van der Waals surface area contributed by atoms with Gasteiger partial charge < -0.3 is 4.90 Å². The molecule has 1 nitrogen and oxygen atoms in total. The Labute approximate surface area is 450 Å². The third-order valence-electron chi connectivity index (χ3n) is 18.0. The molecule has 0 saturated carbocycles. The standard InChI is InChI=1S/C76H51N/c1-74-65-44-17-14-35-57(65)62-42-23-47-68(72(62)74)77(55-34-20-25-50(49-55)56-38-21-39-60-58-36-15-18-45-66(58)75(70(56)60,51-26-6-2-7-27-51)52-28-8-3-9-29-52)69-48-24-43-64(73(69)74)63-41-22-40-61-59-37-16-19-46-67(59)76(71(61)63,53-30-10-4-11-31-53)54-32-12-5-13-33-54/h2-49H,1H3. The van der Waals surface area contributed by atoms with Crippen LogP contribution < -0.4 is 4.90 Å². The first kappa shape index (κ1) is 43.8. The molecule has 0 saturated heterocycles. The Bertz CT molecular complexity index is 4260. The molecule has 360 valence electrons. The van der Waals surface area contributed by atoms with E-state index in [4.69, 9.17) is 0 Å². The summed E-state index contributed by atoms with van der Waals surface area (Å²) >= 11 is 0. The summed E-state index contributed by atoms with van der Waals surface area (Å²) in [4.78, 5) is 2.59. The Morgan fingerprint density at radius 2 is 0.558 bits per heavy atom. The van der Waals surface area contributed by atoms with Crippen molar-refractivity contribution in [2.75, 3.05) is 4.90 Å². The summed E-state index contributed by atoms with van der Waals surface area (Å²) in [5.74, 6) is 0. The molecule has 0 radical (unpaired) electrons. The third-order valence-corrected chi connectivity index (χ3v) is 18.0. The molecular formula is C76H51N. The van der Waals surface area contributed by atoms with E-state index in [1.807, 2.05) is 0 Å². The van der Waals surface area contributed by atoms with E-state index in [1.165, 1.54) is 128 Å². The molecule has 1 aliphatic heterocycles. The molecule has 1 unspecified atom stereocenters. The van der Waals surface area contributed by atoms with Gasteiger partial charge in [0.25, 0.3) is 0 Å². The molecule has 12 aromatic carbocycles. The highest BCUT2D eigenvalue weighted by atomic mass is 15.2. The van der Waals surface area contributed by atoms with Crippen molar-refractivity contribution in [3.8, 4) is 55.6 Å². The largest absolute Gasteiger partial charge is 0.310 e. The fraction of sp³-hybridized carbons (Fsp3) is 0.0526. The van der Waals surface area contributed by atoms with Crippen molar-refractivity contribution in [3.63, 3.8) is 0 Å². The van der Waals surface area contributed by atoms with E-state index in [1.54, 1.807) is 0 Å². The predicted molar refractivity (Wildman–Crippen MR) is 318 cm³/mol. The summed E-state index contributed by atoms with van der Waals surface area (Å²) in [5.41, 5.74) is 28.8. The number of hydrogen-bond donors (Lipinski definition) is 0. The lowest BCUT2D eigenvalue weighted by Gasteiger charge is -2.44. The van der Waals surface area contributed by atoms with Crippen LogP contribution in [0.25, 0.3) is 55.6 Å². The molecule has 12 aromatic rings. The summed E-state index contributed by atoms with van der Waals surface area (Å²) in [7, 11) is 0. The number of rotatable bonds is 7. The Hall–Kier alpha value is -9.56. The number of fused-ring (bicyclic) bond motifs is 11. The summed E-state index contributed by atoms with van der Waals surface area (Å²) in [6, 6.07) is 110. The molecule has 0 amide bonds. The van der Waals surface area contributed by atoms with Crippen LogP contribution >= 0.6 is 0 Å². The fourth-order valence-electron chi connectivity index (χ4n) is 15.2. The predicted octanol–water partition coefficient (Wildman–Crippen LogP) is 18.9. The Balaban J connectivity index is 0.971. The first-order valence-electron chi connectivity index (χ1n) is 27.1. The van der Waals surface area contributed by atoms with E-state index in [9.17, 15) is 0 Å². The summed E-state index contributed by atoms with van der Waals surface area (Å²) in [5, 5.41) is 0. The van der Waals surface area contributed by atoms with E-state index >= 15 is 0 Å². The van der Waals surface area contributed by atoms with Crippen molar-refractivity contribution in [2.24, 2.45) is 0 Å². The van der Waals surface area contributed by atoms with Gasteiger partial charge in [0.1, 0.15) is 0 Å². The summed E-state index contributed by atoms with van der Waals surface area (Å²) in [6.45, 7) is 2.51. The van der Waals surface area contributed by atoms with Crippen molar-refractivity contribution < 1.29 is 0 Å².